The summed E-state index contributed by atoms with van der Waals surface area (Å²) in [6.45, 7) is 2.07. The second-order valence-electron chi connectivity index (χ2n) is 4.04. The highest BCUT2D eigenvalue weighted by atomic mass is 19.1. The van der Waals surface area contributed by atoms with Gasteiger partial charge in [-0.15, -0.1) is 0 Å². The van der Waals surface area contributed by atoms with Crippen molar-refractivity contribution in [3.63, 3.8) is 0 Å². The number of nitrogens with two attached hydrogens (primary N) is 1. The Labute approximate surface area is 105 Å². The molecule has 1 aromatic heterocycles. The van der Waals surface area contributed by atoms with Crippen molar-refractivity contribution in [2.75, 3.05) is 0 Å². The smallest absolute Gasteiger partial charge is 0.125 e. The van der Waals surface area contributed by atoms with Crippen molar-refractivity contribution in [2.45, 2.75) is 19.8 Å². The normalized spacial score (nSPS) is 10.6. The van der Waals surface area contributed by atoms with Crippen LogP contribution >= 0.6 is 0 Å². The Morgan fingerprint density at radius 1 is 1.50 bits per heavy atom. The summed E-state index contributed by atoms with van der Waals surface area (Å²) in [5, 5.41) is 7.53. The lowest BCUT2D eigenvalue weighted by Crippen LogP contribution is -2.16. The minimum Gasteiger partial charge on any atom is -0.384 e. The number of benzene rings is 1. The van der Waals surface area contributed by atoms with Gasteiger partial charge in [0.05, 0.1) is 5.69 Å². The summed E-state index contributed by atoms with van der Waals surface area (Å²) in [6.07, 6.45) is 5.28. The van der Waals surface area contributed by atoms with Gasteiger partial charge in [0, 0.05) is 24.4 Å². The van der Waals surface area contributed by atoms with E-state index >= 15 is 0 Å². The molecule has 0 aliphatic carbocycles. The van der Waals surface area contributed by atoms with E-state index in [0.29, 0.717) is 11.3 Å². The maximum absolute atomic E-state index is 13.2. The molecule has 0 radical (unpaired) electrons. The van der Waals surface area contributed by atoms with Gasteiger partial charge in [-0.3, -0.25) is 5.41 Å². The molecule has 0 aliphatic heterocycles. The molecule has 0 amide bonds. The maximum Gasteiger partial charge on any atom is 0.125 e. The first kappa shape index (κ1) is 12.3. The summed E-state index contributed by atoms with van der Waals surface area (Å²) in [6, 6.07) is 4.25. The molecule has 0 saturated heterocycles. The van der Waals surface area contributed by atoms with Crippen LogP contribution in [0.1, 0.15) is 24.7 Å². The molecule has 18 heavy (non-hydrogen) atoms. The Bertz CT molecular complexity index is 574. The first-order valence-electron chi connectivity index (χ1n) is 5.80. The molecule has 3 N–H and O–H groups in total. The van der Waals surface area contributed by atoms with E-state index in [2.05, 4.69) is 11.9 Å². The molecule has 0 bridgehead atoms. The number of aromatic nitrogens is 2. The van der Waals surface area contributed by atoms with Crippen molar-refractivity contribution in [1.82, 2.24) is 9.55 Å². The van der Waals surface area contributed by atoms with Gasteiger partial charge in [0.2, 0.25) is 0 Å². The van der Waals surface area contributed by atoms with E-state index in [-0.39, 0.29) is 5.84 Å². The zero-order chi connectivity index (χ0) is 13.1. The molecular weight excluding hydrogens is 231 g/mol. The van der Waals surface area contributed by atoms with Crippen molar-refractivity contribution >= 4 is 5.84 Å². The van der Waals surface area contributed by atoms with Gasteiger partial charge in [-0.1, -0.05) is 6.92 Å². The van der Waals surface area contributed by atoms with Gasteiger partial charge in [-0.25, -0.2) is 9.37 Å². The molecule has 0 unspecified atom stereocenters. The van der Waals surface area contributed by atoms with Gasteiger partial charge in [0.15, 0.2) is 0 Å². The zero-order valence-corrected chi connectivity index (χ0v) is 10.2. The summed E-state index contributed by atoms with van der Waals surface area (Å²) >= 11 is 0. The van der Waals surface area contributed by atoms with Crippen LogP contribution < -0.4 is 5.73 Å². The molecule has 0 spiro atoms. The Morgan fingerprint density at radius 3 is 2.94 bits per heavy atom. The lowest BCUT2D eigenvalue weighted by molar-refractivity contribution is 0.626. The minimum absolute atomic E-state index is 0.152. The number of nitrogens with one attached hydrogen (secondary N) is 1. The number of imidazole rings is 1. The Kier molecular flexibility index (Phi) is 3.41. The number of nitrogen functional groups attached to an aromatic ring is 1. The van der Waals surface area contributed by atoms with E-state index in [9.17, 15) is 4.39 Å². The van der Waals surface area contributed by atoms with Crippen LogP contribution in [0.15, 0.2) is 30.6 Å². The Balaban J connectivity index is 2.56. The topological polar surface area (TPSA) is 67.7 Å². The maximum atomic E-state index is 13.2. The molecule has 1 aromatic carbocycles. The number of nitrogens with zero attached hydrogens (tertiary/aromatic N) is 2. The highest BCUT2D eigenvalue weighted by Gasteiger charge is 2.11. The SMILES string of the molecule is CCCc1nccn1-c1ccc(F)cc1C(=N)N. The third kappa shape index (κ3) is 2.25. The number of halogens is 1. The fraction of sp³-hybridized carbons (Fsp3) is 0.231. The second-order valence-corrected chi connectivity index (χ2v) is 4.04. The van der Waals surface area contributed by atoms with Crippen LogP contribution in [0.4, 0.5) is 4.39 Å². The largest absolute Gasteiger partial charge is 0.384 e. The lowest BCUT2D eigenvalue weighted by atomic mass is 10.1. The highest BCUT2D eigenvalue weighted by Crippen LogP contribution is 2.18. The predicted molar refractivity (Wildman–Crippen MR) is 68.5 cm³/mol. The summed E-state index contributed by atoms with van der Waals surface area (Å²) in [4.78, 5) is 4.26. The molecule has 4 nitrogen and oxygen atoms in total. The zero-order valence-electron chi connectivity index (χ0n) is 10.2. The number of rotatable bonds is 4. The molecule has 2 aromatic rings. The summed E-state index contributed by atoms with van der Waals surface area (Å²) < 4.78 is 15.1. The predicted octanol–water partition coefficient (Wildman–Crippen LogP) is 2.25. The van der Waals surface area contributed by atoms with Crippen LogP contribution in [-0.4, -0.2) is 15.4 Å². The third-order valence-corrected chi connectivity index (χ3v) is 2.70. The minimum atomic E-state index is -0.402. The van der Waals surface area contributed by atoms with E-state index in [1.54, 1.807) is 18.5 Å². The van der Waals surface area contributed by atoms with Crippen LogP contribution in [0.25, 0.3) is 5.69 Å². The molecule has 0 atom stereocenters. The summed E-state index contributed by atoms with van der Waals surface area (Å²) in [5.74, 6) is 0.327. The standard InChI is InChI=1S/C13H15FN4/c1-2-3-12-17-6-7-18(12)11-5-4-9(14)8-10(11)13(15)16/h4-8H,2-3H2,1H3,(H3,15,16). The van der Waals surface area contributed by atoms with Crippen LogP contribution in [0.2, 0.25) is 0 Å². The van der Waals surface area contributed by atoms with E-state index < -0.39 is 5.82 Å². The van der Waals surface area contributed by atoms with Crippen LogP contribution in [0.5, 0.6) is 0 Å². The van der Waals surface area contributed by atoms with Gasteiger partial charge >= 0.3 is 0 Å². The fourth-order valence-electron chi connectivity index (χ4n) is 1.90. The van der Waals surface area contributed by atoms with Gasteiger partial charge in [-0.05, 0) is 24.6 Å². The van der Waals surface area contributed by atoms with Crippen LogP contribution in [0.3, 0.4) is 0 Å². The Morgan fingerprint density at radius 2 is 2.28 bits per heavy atom. The lowest BCUT2D eigenvalue weighted by Gasteiger charge is -2.12. The molecule has 94 valence electrons. The van der Waals surface area contributed by atoms with Crippen molar-refractivity contribution in [1.29, 1.82) is 5.41 Å². The number of hydrogen-bond donors (Lipinski definition) is 2. The number of hydrogen-bond acceptors (Lipinski definition) is 2. The monoisotopic (exact) mass is 246 g/mol. The fourth-order valence-corrected chi connectivity index (χ4v) is 1.90. The third-order valence-electron chi connectivity index (χ3n) is 2.70. The van der Waals surface area contributed by atoms with Crippen molar-refractivity contribution in [2.24, 2.45) is 5.73 Å². The molecule has 1 heterocycles. The van der Waals surface area contributed by atoms with E-state index in [4.69, 9.17) is 11.1 Å². The first-order chi connectivity index (χ1) is 8.63. The molecule has 5 heteroatoms. The number of aryl methyl sites for hydroxylation is 1. The first-order valence-corrected chi connectivity index (χ1v) is 5.80. The quantitative estimate of drug-likeness (QED) is 0.641. The Hall–Kier alpha value is -2.17. The van der Waals surface area contributed by atoms with E-state index in [0.717, 1.165) is 18.7 Å². The molecule has 2 rings (SSSR count). The molecule has 0 aliphatic rings. The van der Waals surface area contributed by atoms with Crippen LogP contribution in [0, 0.1) is 11.2 Å². The number of amidine groups is 1. The average molecular weight is 246 g/mol. The van der Waals surface area contributed by atoms with Crippen molar-refractivity contribution in [3.05, 3.63) is 47.8 Å². The summed E-state index contributed by atoms with van der Waals surface area (Å²) in [7, 11) is 0. The highest BCUT2D eigenvalue weighted by molar-refractivity contribution is 5.98. The van der Waals surface area contributed by atoms with E-state index in [1.165, 1.54) is 12.1 Å². The van der Waals surface area contributed by atoms with E-state index in [1.807, 2.05) is 4.57 Å². The van der Waals surface area contributed by atoms with Gasteiger partial charge in [0.25, 0.3) is 0 Å². The molecule has 0 saturated carbocycles. The van der Waals surface area contributed by atoms with Crippen molar-refractivity contribution in [3.8, 4) is 5.69 Å². The van der Waals surface area contributed by atoms with Gasteiger partial charge in [0.1, 0.15) is 17.5 Å². The molecular formula is C13H15FN4. The average Bonchev–Trinajstić information content (AvgIpc) is 2.77. The summed E-state index contributed by atoms with van der Waals surface area (Å²) in [5.41, 5.74) is 6.56. The van der Waals surface area contributed by atoms with Gasteiger partial charge < -0.3 is 10.3 Å². The molecule has 0 fully saturated rings. The van der Waals surface area contributed by atoms with Crippen molar-refractivity contribution < 1.29 is 4.39 Å². The second kappa shape index (κ2) is 5.00. The van der Waals surface area contributed by atoms with Gasteiger partial charge in [-0.2, -0.15) is 0 Å². The van der Waals surface area contributed by atoms with Crippen LogP contribution in [-0.2, 0) is 6.42 Å².